The lowest BCUT2D eigenvalue weighted by molar-refractivity contribution is -0.129. The second kappa shape index (κ2) is 23.0. The lowest BCUT2D eigenvalue weighted by Crippen LogP contribution is -2.31. The zero-order valence-electron chi connectivity index (χ0n) is 26.2. The van der Waals surface area contributed by atoms with Gasteiger partial charge in [0.1, 0.15) is 0 Å². The van der Waals surface area contributed by atoms with Gasteiger partial charge in [-0.1, -0.05) is 128 Å². The minimum atomic E-state index is 0.562. The van der Waals surface area contributed by atoms with Crippen LogP contribution in [-0.4, -0.2) is 26.2 Å². The second-order valence-corrected chi connectivity index (χ2v) is 12.6. The highest BCUT2D eigenvalue weighted by molar-refractivity contribution is 5.37. The molecule has 0 spiro atoms. The highest BCUT2D eigenvalue weighted by atomic mass is 16.5. The summed E-state index contributed by atoms with van der Waals surface area (Å²) >= 11 is 0. The monoisotopic (exact) mass is 558 g/mol. The summed E-state index contributed by atoms with van der Waals surface area (Å²) in [7, 11) is 0. The maximum absolute atomic E-state index is 10.4. The summed E-state index contributed by atoms with van der Waals surface area (Å²) in [5, 5.41) is 0. The fraction of sp³-hybridized carbons (Fsp3) is 0.833. The molecule has 5 atom stereocenters. The van der Waals surface area contributed by atoms with Crippen LogP contribution >= 0.6 is 0 Å². The molecule has 0 heterocycles. The third kappa shape index (κ3) is 13.9. The second-order valence-electron chi connectivity index (χ2n) is 12.6. The summed E-state index contributed by atoms with van der Waals surface area (Å²) in [5.41, 5.74) is 1.81. The van der Waals surface area contributed by atoms with E-state index in [2.05, 4.69) is 32.1 Å². The van der Waals surface area contributed by atoms with Crippen LogP contribution in [0.1, 0.15) is 149 Å². The van der Waals surface area contributed by atoms with Crippen molar-refractivity contribution in [2.45, 2.75) is 149 Å². The molecule has 2 rings (SSSR count). The van der Waals surface area contributed by atoms with Gasteiger partial charge in [0.2, 0.25) is 0 Å². The fourth-order valence-electron chi connectivity index (χ4n) is 7.26. The van der Waals surface area contributed by atoms with E-state index in [1.165, 1.54) is 109 Å². The van der Waals surface area contributed by atoms with Crippen molar-refractivity contribution in [1.82, 2.24) is 0 Å². The number of unbranched alkanes of at least 4 members (excludes halogenated alkanes) is 12. The van der Waals surface area contributed by atoms with Crippen LogP contribution in [0, 0.1) is 29.6 Å². The third-order valence-electron chi connectivity index (χ3n) is 9.56. The maximum Gasteiger partial charge on any atom is 0.293 e. The van der Waals surface area contributed by atoms with Crippen LogP contribution in [0.3, 0.4) is 0 Å². The highest BCUT2D eigenvalue weighted by Gasteiger charge is 2.37. The van der Waals surface area contributed by atoms with Crippen molar-refractivity contribution >= 4 is 12.9 Å². The van der Waals surface area contributed by atoms with E-state index < -0.39 is 0 Å². The standard InChI is InChI=1S/C36H62O4/c1-3-5-7-14-21-33-28-36-34(27-32(33)19-6-4-2)24-23-31(20-15-10-8-12-17-25-39-29-37)35(36)22-16-11-9-13-18-26-40-30-38/h23-24,28-35H,3-22,25-27H2,1-2H3. The lowest BCUT2D eigenvalue weighted by Gasteiger charge is -2.42. The number of rotatable bonds is 26. The Hall–Kier alpha value is -1.58. The molecule has 0 radical (unpaired) electrons. The molecule has 5 unspecified atom stereocenters. The maximum atomic E-state index is 10.4. The van der Waals surface area contributed by atoms with Crippen molar-refractivity contribution in [2.75, 3.05) is 13.2 Å². The summed E-state index contributed by atoms with van der Waals surface area (Å²) in [4.78, 5) is 20.7. The SMILES string of the molecule is CCCCCCC1C=C2C(C=CC(CCCCCCCOC=O)C2CCCCCCCOC=O)CC1CCCC. The molecule has 230 valence electrons. The zero-order chi connectivity index (χ0) is 28.7. The largest absolute Gasteiger partial charge is 0.468 e. The predicted octanol–water partition coefficient (Wildman–Crippen LogP) is 10.2. The predicted molar refractivity (Wildman–Crippen MR) is 167 cm³/mol. The quantitative estimate of drug-likeness (QED) is 0.0602. The number of hydrogen-bond acceptors (Lipinski definition) is 4. The van der Waals surface area contributed by atoms with Crippen molar-refractivity contribution in [2.24, 2.45) is 29.6 Å². The topological polar surface area (TPSA) is 52.6 Å². The van der Waals surface area contributed by atoms with Gasteiger partial charge in [-0.3, -0.25) is 9.59 Å². The molecule has 0 aromatic heterocycles. The Morgan fingerprint density at radius 3 is 1.80 bits per heavy atom. The molecule has 4 heteroatoms. The molecule has 0 N–H and O–H groups in total. The van der Waals surface area contributed by atoms with Crippen molar-refractivity contribution < 1.29 is 19.1 Å². The Labute approximate surface area is 247 Å². The first-order chi connectivity index (χ1) is 19.7. The molecule has 0 saturated carbocycles. The Kier molecular flexibility index (Phi) is 19.9. The lowest BCUT2D eigenvalue weighted by atomic mass is 9.63. The number of carbonyl (C=O) groups is 2. The molecule has 0 fully saturated rings. The normalized spacial score (nSPS) is 23.9. The summed E-state index contributed by atoms with van der Waals surface area (Å²) in [5.74, 6) is 3.74. The van der Waals surface area contributed by atoms with Crippen LogP contribution in [0.25, 0.3) is 0 Å². The van der Waals surface area contributed by atoms with E-state index >= 15 is 0 Å². The number of allylic oxidation sites excluding steroid dienone is 4. The molecular formula is C36H62O4. The Morgan fingerprint density at radius 2 is 1.18 bits per heavy atom. The first-order valence-electron chi connectivity index (χ1n) is 17.2. The number of ether oxygens (including phenoxy) is 2. The van der Waals surface area contributed by atoms with Crippen LogP contribution in [0.15, 0.2) is 23.8 Å². The van der Waals surface area contributed by atoms with Gasteiger partial charge in [-0.25, -0.2) is 0 Å². The van der Waals surface area contributed by atoms with Gasteiger partial charge in [0.05, 0.1) is 13.2 Å². The fourth-order valence-corrected chi connectivity index (χ4v) is 7.26. The summed E-state index contributed by atoms with van der Waals surface area (Å²) < 4.78 is 9.69. The summed E-state index contributed by atoms with van der Waals surface area (Å²) in [6, 6.07) is 0. The first kappa shape index (κ1) is 34.6. The Bertz CT molecular complexity index is 699. The van der Waals surface area contributed by atoms with Gasteiger partial charge < -0.3 is 9.47 Å². The van der Waals surface area contributed by atoms with E-state index in [9.17, 15) is 9.59 Å². The van der Waals surface area contributed by atoms with Gasteiger partial charge in [0.15, 0.2) is 0 Å². The van der Waals surface area contributed by atoms with E-state index in [-0.39, 0.29) is 0 Å². The summed E-state index contributed by atoms with van der Waals surface area (Å²) in [6.45, 7) is 6.92. The number of fused-ring (bicyclic) bond motifs is 1. The van der Waals surface area contributed by atoms with Crippen LogP contribution in [0.5, 0.6) is 0 Å². The molecule has 2 aliphatic rings. The molecule has 0 aliphatic heterocycles. The molecule has 40 heavy (non-hydrogen) atoms. The van der Waals surface area contributed by atoms with Crippen molar-refractivity contribution in [3.8, 4) is 0 Å². The molecule has 0 amide bonds. The third-order valence-corrected chi connectivity index (χ3v) is 9.56. The minimum Gasteiger partial charge on any atom is -0.468 e. The van der Waals surface area contributed by atoms with Gasteiger partial charge in [-0.05, 0) is 74.5 Å². The Balaban J connectivity index is 2.00. The van der Waals surface area contributed by atoms with Gasteiger partial charge in [0, 0.05) is 0 Å². The Morgan fingerprint density at radius 1 is 0.625 bits per heavy atom. The summed E-state index contributed by atoms with van der Waals surface area (Å²) in [6.07, 6.45) is 35.0. The van der Waals surface area contributed by atoms with E-state index in [4.69, 9.17) is 9.47 Å². The van der Waals surface area contributed by atoms with E-state index in [0.717, 1.165) is 43.4 Å². The molecule has 0 aromatic rings. The molecule has 0 saturated heterocycles. The van der Waals surface area contributed by atoms with E-state index in [0.29, 0.717) is 38.0 Å². The average molecular weight is 559 g/mol. The molecule has 0 bridgehead atoms. The highest BCUT2D eigenvalue weighted by Crippen LogP contribution is 2.48. The average Bonchev–Trinajstić information content (AvgIpc) is 2.97. The van der Waals surface area contributed by atoms with Gasteiger partial charge in [0.25, 0.3) is 12.9 Å². The van der Waals surface area contributed by atoms with Gasteiger partial charge in [-0.2, -0.15) is 0 Å². The smallest absolute Gasteiger partial charge is 0.293 e. The van der Waals surface area contributed by atoms with Gasteiger partial charge in [-0.15, -0.1) is 0 Å². The number of hydrogen-bond donors (Lipinski definition) is 0. The first-order valence-corrected chi connectivity index (χ1v) is 17.2. The number of carbonyl (C=O) groups excluding carboxylic acids is 2. The zero-order valence-corrected chi connectivity index (χ0v) is 26.2. The van der Waals surface area contributed by atoms with Crippen LogP contribution < -0.4 is 0 Å². The van der Waals surface area contributed by atoms with E-state index in [1.807, 2.05) is 5.57 Å². The van der Waals surface area contributed by atoms with E-state index in [1.54, 1.807) is 0 Å². The molecule has 4 nitrogen and oxygen atoms in total. The van der Waals surface area contributed by atoms with Crippen LogP contribution in [0.4, 0.5) is 0 Å². The molecule has 2 aliphatic carbocycles. The van der Waals surface area contributed by atoms with Crippen molar-refractivity contribution in [3.05, 3.63) is 23.8 Å². The molecule has 0 aromatic carbocycles. The van der Waals surface area contributed by atoms with Crippen LogP contribution in [0.2, 0.25) is 0 Å². The van der Waals surface area contributed by atoms with Gasteiger partial charge >= 0.3 is 0 Å². The van der Waals surface area contributed by atoms with Crippen molar-refractivity contribution in [3.63, 3.8) is 0 Å². The van der Waals surface area contributed by atoms with Crippen LogP contribution in [-0.2, 0) is 19.1 Å². The minimum absolute atomic E-state index is 0.562. The van der Waals surface area contributed by atoms with Crippen molar-refractivity contribution in [1.29, 1.82) is 0 Å². The molecular weight excluding hydrogens is 496 g/mol.